The van der Waals surface area contributed by atoms with Gasteiger partial charge in [0.15, 0.2) is 11.5 Å². The fourth-order valence-electron chi connectivity index (χ4n) is 5.15. The predicted molar refractivity (Wildman–Crippen MR) is 91.6 cm³/mol. The number of aromatic hydroxyl groups is 2. The van der Waals surface area contributed by atoms with Crippen LogP contribution in [0.2, 0.25) is 0 Å². The Morgan fingerprint density at radius 3 is 2.67 bits per heavy atom. The number of benzene rings is 1. The summed E-state index contributed by atoms with van der Waals surface area (Å²) in [5.74, 6) is 0.672. The molecule has 3 saturated carbocycles. The molecule has 0 unspecified atom stereocenters. The highest BCUT2D eigenvalue weighted by atomic mass is 16.7. The summed E-state index contributed by atoms with van der Waals surface area (Å²) in [4.78, 5) is 0. The summed E-state index contributed by atoms with van der Waals surface area (Å²) in [6.45, 7) is 6.85. The predicted octanol–water partition coefficient (Wildman–Crippen LogP) is 2.24. The van der Waals surface area contributed by atoms with E-state index >= 15 is 0 Å². The second kappa shape index (κ2) is 5.13. The van der Waals surface area contributed by atoms with Crippen LogP contribution in [0.5, 0.6) is 11.5 Å². The molecule has 4 fully saturated rings. The van der Waals surface area contributed by atoms with Gasteiger partial charge in [-0.15, -0.1) is 0 Å². The van der Waals surface area contributed by atoms with Gasteiger partial charge in [0, 0.05) is 5.94 Å². The number of phenols is 2. The molecule has 24 heavy (non-hydrogen) atoms. The first-order valence-electron chi connectivity index (χ1n) is 8.81. The summed E-state index contributed by atoms with van der Waals surface area (Å²) < 4.78 is 12.6. The number of rotatable bonds is 3. The molecule has 5 nitrogen and oxygen atoms in total. The van der Waals surface area contributed by atoms with E-state index in [1.807, 2.05) is 0 Å². The third-order valence-corrected chi connectivity index (χ3v) is 6.83. The molecule has 1 heterocycles. The van der Waals surface area contributed by atoms with Crippen molar-refractivity contribution < 1.29 is 19.5 Å². The molecule has 1 aromatic rings. The van der Waals surface area contributed by atoms with E-state index in [-0.39, 0.29) is 29.1 Å². The van der Waals surface area contributed by atoms with Gasteiger partial charge in [-0.1, -0.05) is 19.9 Å². The molecule has 130 valence electrons. The van der Waals surface area contributed by atoms with Gasteiger partial charge in [0.2, 0.25) is 0 Å². The lowest BCUT2D eigenvalue weighted by molar-refractivity contribution is -0.199. The SMILES string of the molecule is CC1(C)[C@@H]2C[C@@H]3OB([C@@H](N)Cc4ccc(O)c(O)c4)O[C@@]3(C)[C@H]1C2. The Kier molecular flexibility index (Phi) is 3.47. The van der Waals surface area contributed by atoms with Crippen molar-refractivity contribution in [1.29, 1.82) is 0 Å². The second-order valence-corrected chi connectivity index (χ2v) is 8.53. The number of nitrogens with two attached hydrogens (primary N) is 1. The van der Waals surface area contributed by atoms with Gasteiger partial charge >= 0.3 is 7.12 Å². The lowest BCUT2D eigenvalue weighted by Gasteiger charge is -2.64. The highest BCUT2D eigenvalue weighted by molar-refractivity contribution is 6.47. The monoisotopic (exact) mass is 331 g/mol. The smallest absolute Gasteiger partial charge is 0.475 e. The van der Waals surface area contributed by atoms with Crippen LogP contribution in [0.25, 0.3) is 0 Å². The Labute approximate surface area is 143 Å². The Bertz CT molecular complexity index is 666. The largest absolute Gasteiger partial charge is 0.504 e. The summed E-state index contributed by atoms with van der Waals surface area (Å²) in [7, 11) is -0.425. The van der Waals surface area contributed by atoms with Gasteiger partial charge in [0.25, 0.3) is 0 Å². The van der Waals surface area contributed by atoms with Crippen molar-refractivity contribution in [1.82, 2.24) is 0 Å². The zero-order chi connectivity index (χ0) is 17.3. The van der Waals surface area contributed by atoms with Crippen molar-refractivity contribution in [2.75, 3.05) is 0 Å². The number of hydrogen-bond acceptors (Lipinski definition) is 5. The van der Waals surface area contributed by atoms with Crippen LogP contribution >= 0.6 is 0 Å². The number of hydrogen-bond donors (Lipinski definition) is 3. The van der Waals surface area contributed by atoms with E-state index in [1.165, 1.54) is 12.5 Å². The summed E-state index contributed by atoms with van der Waals surface area (Å²) in [5.41, 5.74) is 7.26. The van der Waals surface area contributed by atoms with Gasteiger partial charge in [-0.2, -0.15) is 0 Å². The second-order valence-electron chi connectivity index (χ2n) is 8.53. The van der Waals surface area contributed by atoms with E-state index in [0.29, 0.717) is 23.7 Å². The van der Waals surface area contributed by atoms with Crippen LogP contribution in [0.15, 0.2) is 18.2 Å². The first kappa shape index (κ1) is 16.2. The van der Waals surface area contributed by atoms with E-state index in [9.17, 15) is 10.2 Å². The van der Waals surface area contributed by atoms with Crippen molar-refractivity contribution in [2.24, 2.45) is 23.0 Å². The third-order valence-electron chi connectivity index (χ3n) is 6.83. The molecule has 1 aromatic carbocycles. The van der Waals surface area contributed by atoms with Crippen LogP contribution in [0.4, 0.5) is 0 Å². The van der Waals surface area contributed by atoms with Crippen LogP contribution in [0.1, 0.15) is 39.2 Å². The van der Waals surface area contributed by atoms with Crippen LogP contribution in [0, 0.1) is 17.3 Å². The molecule has 0 spiro atoms. The topological polar surface area (TPSA) is 84.9 Å². The fourth-order valence-corrected chi connectivity index (χ4v) is 5.15. The van der Waals surface area contributed by atoms with Gasteiger partial charge in [-0.05, 0) is 61.1 Å². The highest BCUT2D eigenvalue weighted by Crippen LogP contribution is 2.65. The average molecular weight is 331 g/mol. The molecule has 0 aromatic heterocycles. The van der Waals surface area contributed by atoms with Crippen molar-refractivity contribution in [2.45, 2.75) is 57.7 Å². The van der Waals surface area contributed by atoms with E-state index in [0.717, 1.165) is 12.0 Å². The van der Waals surface area contributed by atoms with Crippen LogP contribution < -0.4 is 5.73 Å². The lowest BCUT2D eigenvalue weighted by Crippen LogP contribution is -2.65. The molecule has 5 rings (SSSR count). The molecule has 5 atom stereocenters. The van der Waals surface area contributed by atoms with E-state index in [1.54, 1.807) is 12.1 Å². The van der Waals surface area contributed by atoms with Crippen molar-refractivity contribution >= 4 is 7.12 Å². The Morgan fingerprint density at radius 1 is 1.25 bits per heavy atom. The van der Waals surface area contributed by atoms with Crippen LogP contribution in [-0.4, -0.2) is 35.0 Å². The highest BCUT2D eigenvalue weighted by Gasteiger charge is 2.68. The standard InChI is InChI=1S/C18H26BNO4/c1-17(2)11-8-14(17)18(3)15(9-11)23-19(24-18)16(20)7-10-4-5-12(21)13(22)6-10/h4-6,11,14-16,21-22H,7-9,20H2,1-3H3/t11-,14-,15-,16-,18-/m0/s1. The zero-order valence-corrected chi connectivity index (χ0v) is 14.5. The first-order chi connectivity index (χ1) is 11.2. The zero-order valence-electron chi connectivity index (χ0n) is 14.5. The molecule has 1 saturated heterocycles. The average Bonchev–Trinajstić information content (AvgIpc) is 2.87. The fraction of sp³-hybridized carbons (Fsp3) is 0.667. The van der Waals surface area contributed by atoms with Crippen molar-refractivity contribution in [3.05, 3.63) is 23.8 Å². The van der Waals surface area contributed by atoms with Gasteiger partial charge in [-0.25, -0.2) is 0 Å². The molecule has 3 aliphatic carbocycles. The van der Waals surface area contributed by atoms with Crippen molar-refractivity contribution in [3.63, 3.8) is 0 Å². The summed E-state index contributed by atoms with van der Waals surface area (Å²) in [6, 6.07) is 4.78. The molecule has 1 aliphatic heterocycles. The molecular weight excluding hydrogens is 305 g/mol. The summed E-state index contributed by atoms with van der Waals surface area (Å²) in [6.07, 6.45) is 2.91. The van der Waals surface area contributed by atoms with E-state index in [4.69, 9.17) is 15.0 Å². The Hall–Kier alpha value is -1.24. The normalized spacial score (nSPS) is 37.7. The van der Waals surface area contributed by atoms with E-state index in [2.05, 4.69) is 20.8 Å². The van der Waals surface area contributed by atoms with Crippen molar-refractivity contribution in [3.8, 4) is 11.5 Å². The molecule has 4 aliphatic rings. The Morgan fingerprint density at radius 2 is 2.00 bits per heavy atom. The molecule has 0 amide bonds. The minimum atomic E-state index is -0.425. The quantitative estimate of drug-likeness (QED) is 0.584. The van der Waals surface area contributed by atoms with Gasteiger partial charge < -0.3 is 25.3 Å². The minimum Gasteiger partial charge on any atom is -0.504 e. The van der Waals surface area contributed by atoms with E-state index < -0.39 is 7.12 Å². The van der Waals surface area contributed by atoms with Crippen LogP contribution in [-0.2, 0) is 15.7 Å². The molecule has 0 radical (unpaired) electrons. The van der Waals surface area contributed by atoms with Gasteiger partial charge in [0.1, 0.15) is 0 Å². The third kappa shape index (κ3) is 2.20. The summed E-state index contributed by atoms with van der Waals surface area (Å²) >= 11 is 0. The molecule has 6 heteroatoms. The summed E-state index contributed by atoms with van der Waals surface area (Å²) in [5, 5.41) is 19.0. The number of phenolic OH excluding ortho intramolecular Hbond substituents is 2. The maximum atomic E-state index is 9.63. The Balaban J connectivity index is 1.47. The maximum Gasteiger partial charge on any atom is 0.475 e. The van der Waals surface area contributed by atoms with Gasteiger partial charge in [0.05, 0.1) is 11.7 Å². The molecular formula is C18H26BNO4. The van der Waals surface area contributed by atoms with Crippen LogP contribution in [0.3, 0.4) is 0 Å². The van der Waals surface area contributed by atoms with Gasteiger partial charge in [-0.3, -0.25) is 0 Å². The molecule has 2 bridgehead atoms. The first-order valence-corrected chi connectivity index (χ1v) is 8.81. The maximum absolute atomic E-state index is 9.63. The minimum absolute atomic E-state index is 0.124. The molecule has 4 N–H and O–H groups in total. The lowest BCUT2D eigenvalue weighted by atomic mass is 9.43.